The summed E-state index contributed by atoms with van der Waals surface area (Å²) in [6.45, 7) is 7.78. The number of carbonyl (C=O) groups excluding carboxylic acids is 3. The van der Waals surface area contributed by atoms with Crippen molar-refractivity contribution in [3.8, 4) is 0 Å². The summed E-state index contributed by atoms with van der Waals surface area (Å²) in [5.74, 6) is -0.372. The molecule has 162 valence electrons. The van der Waals surface area contributed by atoms with Gasteiger partial charge in [-0.1, -0.05) is 6.07 Å². The summed E-state index contributed by atoms with van der Waals surface area (Å²) in [5, 5.41) is 0. The molecule has 7 nitrogen and oxygen atoms in total. The Kier molecular flexibility index (Phi) is 6.09. The topological polar surface area (TPSA) is 70.2 Å². The fourth-order valence-electron chi connectivity index (χ4n) is 4.93. The first-order valence-electron chi connectivity index (χ1n) is 11.2. The van der Waals surface area contributed by atoms with E-state index in [9.17, 15) is 14.4 Å². The van der Waals surface area contributed by atoms with Crippen molar-refractivity contribution in [3.05, 3.63) is 29.3 Å². The molecule has 0 N–H and O–H groups in total. The van der Waals surface area contributed by atoms with Crippen LogP contribution in [0.1, 0.15) is 60.2 Å². The second kappa shape index (κ2) is 8.76. The Balaban J connectivity index is 1.56. The summed E-state index contributed by atoms with van der Waals surface area (Å²) in [7, 11) is 0. The SMILES string of the molecule is CCN(CC)C(=O)[C@H]1CCCN(c2cccc3c2C(=O)N(C[C@H]2CCCO2)C3=O)C1. The molecule has 3 heterocycles. The van der Waals surface area contributed by atoms with E-state index in [2.05, 4.69) is 4.90 Å². The van der Waals surface area contributed by atoms with Crippen molar-refractivity contribution in [3.63, 3.8) is 0 Å². The molecule has 0 saturated carbocycles. The number of benzene rings is 1. The Morgan fingerprint density at radius 1 is 1.13 bits per heavy atom. The fraction of sp³-hybridized carbons (Fsp3) is 0.609. The first-order chi connectivity index (χ1) is 14.5. The number of fused-ring (bicyclic) bond motifs is 1. The molecule has 2 fully saturated rings. The van der Waals surface area contributed by atoms with Crippen LogP contribution in [0.5, 0.6) is 0 Å². The van der Waals surface area contributed by atoms with E-state index in [0.29, 0.717) is 43.9 Å². The predicted molar refractivity (Wildman–Crippen MR) is 114 cm³/mol. The molecule has 7 heteroatoms. The van der Waals surface area contributed by atoms with Crippen LogP contribution in [0.2, 0.25) is 0 Å². The van der Waals surface area contributed by atoms with E-state index in [1.165, 1.54) is 4.90 Å². The van der Waals surface area contributed by atoms with Crippen LogP contribution in [0.4, 0.5) is 5.69 Å². The molecule has 3 aliphatic rings. The summed E-state index contributed by atoms with van der Waals surface area (Å²) < 4.78 is 5.64. The zero-order valence-electron chi connectivity index (χ0n) is 17.9. The van der Waals surface area contributed by atoms with Gasteiger partial charge in [-0.15, -0.1) is 0 Å². The number of amides is 3. The van der Waals surface area contributed by atoms with Crippen molar-refractivity contribution < 1.29 is 19.1 Å². The minimum absolute atomic E-state index is 0.0679. The minimum atomic E-state index is -0.238. The maximum Gasteiger partial charge on any atom is 0.263 e. The van der Waals surface area contributed by atoms with Crippen LogP contribution in [0.25, 0.3) is 0 Å². The van der Waals surface area contributed by atoms with Crippen molar-refractivity contribution >= 4 is 23.4 Å². The second-order valence-corrected chi connectivity index (χ2v) is 8.35. The molecule has 2 atom stereocenters. The predicted octanol–water partition coefficient (Wildman–Crippen LogP) is 2.55. The molecular formula is C23H31N3O4. The number of imide groups is 1. The molecule has 4 rings (SSSR count). The van der Waals surface area contributed by atoms with Crippen LogP contribution in [-0.4, -0.2) is 73.0 Å². The zero-order valence-corrected chi connectivity index (χ0v) is 17.9. The molecule has 2 saturated heterocycles. The summed E-state index contributed by atoms with van der Waals surface area (Å²) in [6, 6.07) is 5.48. The Bertz CT molecular complexity index is 830. The van der Waals surface area contributed by atoms with Gasteiger partial charge in [0.15, 0.2) is 0 Å². The quantitative estimate of drug-likeness (QED) is 0.671. The summed E-state index contributed by atoms with van der Waals surface area (Å²) >= 11 is 0. The lowest BCUT2D eigenvalue weighted by Gasteiger charge is -2.36. The van der Waals surface area contributed by atoms with Gasteiger partial charge in [0.1, 0.15) is 0 Å². The zero-order chi connectivity index (χ0) is 21.3. The number of hydrogen-bond donors (Lipinski definition) is 0. The molecule has 0 aromatic heterocycles. The van der Waals surface area contributed by atoms with Crippen LogP contribution >= 0.6 is 0 Å². The van der Waals surface area contributed by atoms with E-state index in [1.54, 1.807) is 6.07 Å². The van der Waals surface area contributed by atoms with Gasteiger partial charge in [0, 0.05) is 32.8 Å². The number of ether oxygens (including phenoxy) is 1. The third kappa shape index (κ3) is 3.71. The van der Waals surface area contributed by atoms with E-state index < -0.39 is 0 Å². The van der Waals surface area contributed by atoms with Crippen molar-refractivity contribution in [2.75, 3.05) is 44.2 Å². The van der Waals surface area contributed by atoms with Gasteiger partial charge in [-0.25, -0.2) is 0 Å². The molecule has 0 aliphatic carbocycles. The Morgan fingerprint density at radius 3 is 2.63 bits per heavy atom. The monoisotopic (exact) mass is 413 g/mol. The largest absolute Gasteiger partial charge is 0.376 e. The van der Waals surface area contributed by atoms with Gasteiger partial charge in [-0.2, -0.15) is 0 Å². The van der Waals surface area contributed by atoms with Crippen LogP contribution in [0.3, 0.4) is 0 Å². The Labute approximate surface area is 177 Å². The lowest BCUT2D eigenvalue weighted by molar-refractivity contribution is -0.135. The lowest BCUT2D eigenvalue weighted by atomic mass is 9.94. The van der Waals surface area contributed by atoms with E-state index in [-0.39, 0.29) is 29.7 Å². The molecular weight excluding hydrogens is 382 g/mol. The molecule has 0 bridgehead atoms. The molecule has 0 radical (unpaired) electrons. The van der Waals surface area contributed by atoms with Gasteiger partial charge < -0.3 is 14.5 Å². The van der Waals surface area contributed by atoms with Gasteiger partial charge in [-0.05, 0) is 51.7 Å². The number of piperidine rings is 1. The first-order valence-corrected chi connectivity index (χ1v) is 11.2. The van der Waals surface area contributed by atoms with Gasteiger partial charge in [0.05, 0.1) is 35.4 Å². The molecule has 0 unspecified atom stereocenters. The number of anilines is 1. The first kappa shape index (κ1) is 20.8. The van der Waals surface area contributed by atoms with Crippen LogP contribution < -0.4 is 4.90 Å². The second-order valence-electron chi connectivity index (χ2n) is 8.35. The van der Waals surface area contributed by atoms with Gasteiger partial charge >= 0.3 is 0 Å². The third-order valence-corrected chi connectivity index (χ3v) is 6.57. The number of nitrogens with zero attached hydrogens (tertiary/aromatic N) is 3. The van der Waals surface area contributed by atoms with Gasteiger partial charge in [0.2, 0.25) is 5.91 Å². The normalized spacial score (nSPS) is 23.8. The highest BCUT2D eigenvalue weighted by molar-refractivity contribution is 6.23. The maximum absolute atomic E-state index is 13.2. The molecule has 3 amide bonds. The average Bonchev–Trinajstić information content (AvgIpc) is 3.37. The van der Waals surface area contributed by atoms with E-state index >= 15 is 0 Å². The van der Waals surface area contributed by atoms with Gasteiger partial charge in [-0.3, -0.25) is 19.3 Å². The highest BCUT2D eigenvalue weighted by Crippen LogP contribution is 2.35. The number of carbonyl (C=O) groups is 3. The Morgan fingerprint density at radius 2 is 1.93 bits per heavy atom. The molecule has 3 aliphatic heterocycles. The highest BCUT2D eigenvalue weighted by Gasteiger charge is 2.41. The third-order valence-electron chi connectivity index (χ3n) is 6.57. The summed E-state index contributed by atoms with van der Waals surface area (Å²) in [4.78, 5) is 44.4. The minimum Gasteiger partial charge on any atom is -0.376 e. The molecule has 0 spiro atoms. The summed E-state index contributed by atoms with van der Waals surface area (Å²) in [5.41, 5.74) is 1.72. The molecule has 1 aromatic rings. The fourth-order valence-corrected chi connectivity index (χ4v) is 4.93. The van der Waals surface area contributed by atoms with Gasteiger partial charge in [0.25, 0.3) is 11.8 Å². The van der Waals surface area contributed by atoms with Crippen molar-refractivity contribution in [1.29, 1.82) is 0 Å². The van der Waals surface area contributed by atoms with Crippen molar-refractivity contribution in [2.45, 2.75) is 45.6 Å². The number of rotatable bonds is 6. The van der Waals surface area contributed by atoms with Crippen LogP contribution in [0.15, 0.2) is 18.2 Å². The molecule has 1 aromatic carbocycles. The van der Waals surface area contributed by atoms with Crippen molar-refractivity contribution in [1.82, 2.24) is 9.80 Å². The standard InChI is InChI=1S/C23H31N3O4/c1-3-24(4-2)21(27)16-8-6-12-25(14-16)19-11-5-10-18-20(19)23(29)26(22(18)28)15-17-9-7-13-30-17/h5,10-11,16-17H,3-4,6-9,12-15H2,1-2H3/t16-,17+/m0/s1. The van der Waals surface area contributed by atoms with E-state index in [4.69, 9.17) is 4.74 Å². The maximum atomic E-state index is 13.2. The van der Waals surface area contributed by atoms with E-state index in [1.807, 2.05) is 30.9 Å². The molecule has 30 heavy (non-hydrogen) atoms. The van der Waals surface area contributed by atoms with Crippen molar-refractivity contribution in [2.24, 2.45) is 5.92 Å². The van der Waals surface area contributed by atoms with E-state index in [0.717, 1.165) is 37.9 Å². The number of hydrogen-bond acceptors (Lipinski definition) is 5. The van der Waals surface area contributed by atoms with Crippen LogP contribution in [0, 0.1) is 5.92 Å². The Hall–Kier alpha value is -2.41. The average molecular weight is 414 g/mol. The summed E-state index contributed by atoms with van der Waals surface area (Å²) in [6.07, 6.45) is 3.53. The highest BCUT2D eigenvalue weighted by atomic mass is 16.5. The smallest absolute Gasteiger partial charge is 0.263 e. The van der Waals surface area contributed by atoms with Crippen LogP contribution in [-0.2, 0) is 9.53 Å². The lowest BCUT2D eigenvalue weighted by Crippen LogP contribution is -2.45.